The Kier molecular flexibility index (Phi) is 5.96. The second kappa shape index (κ2) is 8.41. The van der Waals surface area contributed by atoms with Gasteiger partial charge in [-0.3, -0.25) is 19.8 Å². The number of ether oxygens (including phenoxy) is 1. The van der Waals surface area contributed by atoms with Crippen LogP contribution in [0.2, 0.25) is 0 Å². The van der Waals surface area contributed by atoms with Crippen molar-refractivity contribution in [3.05, 3.63) is 68.6 Å². The Balaban J connectivity index is 1.85. The molecule has 144 valence electrons. The first-order valence-electron chi connectivity index (χ1n) is 8.23. The average Bonchev–Trinajstić information content (AvgIpc) is 2.95. The zero-order valence-electron chi connectivity index (χ0n) is 14.8. The van der Waals surface area contributed by atoms with Crippen LogP contribution in [0.25, 0.3) is 6.08 Å². The fourth-order valence-electron chi connectivity index (χ4n) is 2.69. The summed E-state index contributed by atoms with van der Waals surface area (Å²) in [6.45, 7) is 0.411. The van der Waals surface area contributed by atoms with Crippen molar-refractivity contribution < 1.29 is 19.6 Å². The van der Waals surface area contributed by atoms with E-state index in [2.05, 4.69) is 0 Å². The van der Waals surface area contributed by atoms with Crippen LogP contribution in [0.15, 0.2) is 47.4 Å². The highest BCUT2D eigenvalue weighted by Gasteiger charge is 2.31. The monoisotopic (exact) mass is 415 g/mol. The second-order valence-corrected chi connectivity index (χ2v) is 7.57. The van der Waals surface area contributed by atoms with Crippen LogP contribution in [0, 0.1) is 10.1 Å². The molecule has 0 N–H and O–H groups in total. The van der Waals surface area contributed by atoms with Crippen LogP contribution in [0.5, 0.6) is 11.5 Å². The predicted molar refractivity (Wildman–Crippen MR) is 109 cm³/mol. The number of hydrogen-bond acceptors (Lipinski definition) is 7. The molecular formula is C19H15N2O5S2-. The summed E-state index contributed by atoms with van der Waals surface area (Å²) in [6, 6.07) is 11.9. The first-order valence-corrected chi connectivity index (χ1v) is 9.46. The highest BCUT2D eigenvalue weighted by molar-refractivity contribution is 8.26. The second-order valence-electron chi connectivity index (χ2n) is 5.89. The number of carbonyl (C=O) groups is 1. The lowest BCUT2D eigenvalue weighted by Crippen LogP contribution is -2.30. The van der Waals surface area contributed by atoms with Gasteiger partial charge in [-0.15, -0.1) is 0 Å². The van der Waals surface area contributed by atoms with Crippen molar-refractivity contribution in [2.24, 2.45) is 0 Å². The number of nitro benzene ring substituents is 1. The quantitative estimate of drug-likeness (QED) is 0.309. The van der Waals surface area contributed by atoms with Gasteiger partial charge in [-0.2, -0.15) is 0 Å². The molecule has 1 saturated heterocycles. The minimum atomic E-state index is -0.621. The van der Waals surface area contributed by atoms with Gasteiger partial charge in [-0.25, -0.2) is 0 Å². The molecule has 3 rings (SSSR count). The van der Waals surface area contributed by atoms with Crippen molar-refractivity contribution in [3.8, 4) is 11.5 Å². The fourth-order valence-corrected chi connectivity index (χ4v) is 3.99. The minimum Gasteiger partial charge on any atom is -0.870 e. The lowest BCUT2D eigenvalue weighted by atomic mass is 10.1. The molecule has 0 aromatic heterocycles. The number of rotatable bonds is 6. The number of thiocarbonyl (C=S) groups is 1. The summed E-state index contributed by atoms with van der Waals surface area (Å²) in [6.07, 6.45) is 1.97. The Hall–Kier alpha value is -2.91. The van der Waals surface area contributed by atoms with Crippen molar-refractivity contribution in [1.82, 2.24) is 4.90 Å². The minimum absolute atomic E-state index is 0.00890. The summed E-state index contributed by atoms with van der Waals surface area (Å²) >= 11 is 6.36. The van der Waals surface area contributed by atoms with Gasteiger partial charge in [0.25, 0.3) is 11.6 Å². The Morgan fingerprint density at radius 2 is 2.00 bits per heavy atom. The van der Waals surface area contributed by atoms with E-state index in [-0.39, 0.29) is 27.8 Å². The van der Waals surface area contributed by atoms with Crippen molar-refractivity contribution in [3.63, 3.8) is 0 Å². The van der Waals surface area contributed by atoms with E-state index < -0.39 is 10.7 Å². The molecule has 9 heteroatoms. The molecule has 0 unspecified atom stereocenters. The van der Waals surface area contributed by atoms with Crippen molar-refractivity contribution >= 4 is 46.0 Å². The Morgan fingerprint density at radius 3 is 2.64 bits per heavy atom. The SMILES string of the molecule is COc1cc([N+](=O)[O-])cc(/C=C2/SC(=S)N(CCc3ccccc3)C2=O)c1[O-]. The predicted octanol–water partition coefficient (Wildman–Crippen LogP) is 3.12. The van der Waals surface area contributed by atoms with E-state index >= 15 is 0 Å². The summed E-state index contributed by atoms with van der Waals surface area (Å²) in [4.78, 5) is 24.9. The molecule has 2 aromatic carbocycles. The molecule has 28 heavy (non-hydrogen) atoms. The van der Waals surface area contributed by atoms with Crippen LogP contribution in [0.1, 0.15) is 11.1 Å². The van der Waals surface area contributed by atoms with E-state index in [1.54, 1.807) is 0 Å². The van der Waals surface area contributed by atoms with Gasteiger partial charge < -0.3 is 9.84 Å². The van der Waals surface area contributed by atoms with Gasteiger partial charge in [-0.05, 0) is 23.6 Å². The summed E-state index contributed by atoms with van der Waals surface area (Å²) in [5.74, 6) is -1.00. The molecule has 0 saturated carbocycles. The molecule has 1 fully saturated rings. The number of nitro groups is 1. The third-order valence-corrected chi connectivity index (χ3v) is 5.50. The standard InChI is InChI=1S/C19H16N2O5S2/c1-26-15-11-14(21(24)25)9-13(17(15)22)10-16-18(23)20(19(27)28-16)8-7-12-5-3-2-4-6-12/h2-6,9-11,22H,7-8H2,1H3/p-1/b16-10+. The Labute approximate surface area is 170 Å². The van der Waals surface area contributed by atoms with Crippen LogP contribution in [-0.2, 0) is 11.2 Å². The summed E-state index contributed by atoms with van der Waals surface area (Å²) in [7, 11) is 1.26. The third-order valence-electron chi connectivity index (χ3n) is 4.13. The number of hydrogen-bond donors (Lipinski definition) is 0. The maximum Gasteiger partial charge on any atom is 0.273 e. The van der Waals surface area contributed by atoms with Gasteiger partial charge in [0.2, 0.25) is 0 Å². The lowest BCUT2D eigenvalue weighted by molar-refractivity contribution is -0.385. The normalized spacial score (nSPS) is 15.3. The number of carbonyl (C=O) groups excluding carboxylic acids is 1. The molecule has 2 aromatic rings. The van der Waals surface area contributed by atoms with Gasteiger partial charge in [0.1, 0.15) is 10.1 Å². The van der Waals surface area contributed by atoms with E-state index in [0.717, 1.165) is 29.5 Å². The maximum atomic E-state index is 12.7. The summed E-state index contributed by atoms with van der Waals surface area (Å²) in [5.41, 5.74) is 0.794. The molecular weight excluding hydrogens is 400 g/mol. The van der Waals surface area contributed by atoms with Gasteiger partial charge >= 0.3 is 0 Å². The van der Waals surface area contributed by atoms with Gasteiger partial charge in [0.05, 0.1) is 23.0 Å². The molecule has 1 aliphatic heterocycles. The zero-order chi connectivity index (χ0) is 20.3. The van der Waals surface area contributed by atoms with Crippen LogP contribution < -0.4 is 9.84 Å². The smallest absolute Gasteiger partial charge is 0.273 e. The van der Waals surface area contributed by atoms with E-state index in [4.69, 9.17) is 17.0 Å². The van der Waals surface area contributed by atoms with E-state index in [1.807, 2.05) is 30.3 Å². The van der Waals surface area contributed by atoms with Crippen LogP contribution >= 0.6 is 24.0 Å². The van der Waals surface area contributed by atoms with Crippen molar-refractivity contribution in [2.45, 2.75) is 6.42 Å². The van der Waals surface area contributed by atoms with Crippen LogP contribution in [0.3, 0.4) is 0 Å². The van der Waals surface area contributed by atoms with Crippen molar-refractivity contribution in [2.75, 3.05) is 13.7 Å². The molecule has 0 aliphatic carbocycles. The highest BCUT2D eigenvalue weighted by Crippen LogP contribution is 2.38. The maximum absolute atomic E-state index is 12.7. The van der Waals surface area contributed by atoms with Gasteiger partial charge in [0.15, 0.2) is 0 Å². The molecule has 1 heterocycles. The number of non-ortho nitro benzene ring substituents is 1. The molecule has 1 aliphatic rings. The van der Waals surface area contributed by atoms with Crippen LogP contribution in [0.4, 0.5) is 5.69 Å². The first kappa shape index (κ1) is 19.8. The Morgan fingerprint density at radius 1 is 1.29 bits per heavy atom. The van der Waals surface area contributed by atoms with Gasteiger partial charge in [0, 0.05) is 12.6 Å². The number of nitrogens with zero attached hydrogens (tertiary/aromatic N) is 2. The third kappa shape index (κ3) is 4.15. The molecule has 0 bridgehead atoms. The fraction of sp³-hybridized carbons (Fsp3) is 0.158. The zero-order valence-corrected chi connectivity index (χ0v) is 16.4. The average molecular weight is 415 g/mol. The molecule has 7 nitrogen and oxygen atoms in total. The molecule has 0 atom stereocenters. The van der Waals surface area contributed by atoms with E-state index in [0.29, 0.717) is 17.3 Å². The number of thioether (sulfide) groups is 1. The summed E-state index contributed by atoms with van der Waals surface area (Å²) < 4.78 is 5.31. The lowest BCUT2D eigenvalue weighted by Gasteiger charge is -2.16. The summed E-state index contributed by atoms with van der Waals surface area (Å²) in [5, 5.41) is 23.5. The first-order chi connectivity index (χ1) is 13.4. The van der Waals surface area contributed by atoms with Crippen molar-refractivity contribution in [1.29, 1.82) is 0 Å². The highest BCUT2D eigenvalue weighted by atomic mass is 32.2. The largest absolute Gasteiger partial charge is 0.870 e. The molecule has 1 amide bonds. The molecule has 0 spiro atoms. The van der Waals surface area contributed by atoms with E-state index in [1.165, 1.54) is 18.1 Å². The van der Waals surface area contributed by atoms with E-state index in [9.17, 15) is 20.0 Å². The number of methoxy groups -OCH3 is 1. The Bertz CT molecular complexity index is 976. The van der Waals surface area contributed by atoms with Crippen LogP contribution in [-0.4, -0.2) is 33.7 Å². The topological polar surface area (TPSA) is 95.7 Å². The molecule has 0 radical (unpaired) electrons. The van der Waals surface area contributed by atoms with Gasteiger partial charge in [-0.1, -0.05) is 60.1 Å². The number of amides is 1. The number of benzene rings is 2.